The quantitative estimate of drug-likeness (QED) is 0.819. The SMILES string of the molecule is CCCN(CC1CCOCC1)C1CCNC1.Cl. The van der Waals surface area contributed by atoms with Crippen LogP contribution >= 0.6 is 12.4 Å². The molecular formula is C13H27ClN2O. The summed E-state index contributed by atoms with van der Waals surface area (Å²) in [5.41, 5.74) is 0. The van der Waals surface area contributed by atoms with Crippen LogP contribution in [0, 0.1) is 5.92 Å². The maximum absolute atomic E-state index is 5.44. The molecule has 2 aliphatic rings. The maximum Gasteiger partial charge on any atom is 0.0469 e. The molecule has 17 heavy (non-hydrogen) atoms. The summed E-state index contributed by atoms with van der Waals surface area (Å²) < 4.78 is 5.44. The van der Waals surface area contributed by atoms with E-state index in [1.54, 1.807) is 0 Å². The Balaban J connectivity index is 0.00000144. The molecule has 2 rings (SSSR count). The van der Waals surface area contributed by atoms with E-state index in [2.05, 4.69) is 17.1 Å². The number of nitrogens with zero attached hydrogens (tertiary/aromatic N) is 1. The molecule has 2 saturated heterocycles. The predicted octanol–water partition coefficient (Wildman–Crippen LogP) is 1.91. The summed E-state index contributed by atoms with van der Waals surface area (Å²) in [4.78, 5) is 2.72. The van der Waals surface area contributed by atoms with Crippen molar-refractivity contribution in [2.45, 2.75) is 38.6 Å². The van der Waals surface area contributed by atoms with Crippen LogP contribution in [0.4, 0.5) is 0 Å². The van der Waals surface area contributed by atoms with E-state index >= 15 is 0 Å². The first kappa shape index (κ1) is 15.2. The average Bonchev–Trinajstić information content (AvgIpc) is 2.83. The van der Waals surface area contributed by atoms with Gasteiger partial charge in [0.05, 0.1) is 0 Å². The fourth-order valence-corrected chi connectivity index (χ4v) is 2.92. The molecular weight excluding hydrogens is 236 g/mol. The Kier molecular flexibility index (Phi) is 7.44. The topological polar surface area (TPSA) is 24.5 Å². The van der Waals surface area contributed by atoms with Gasteiger partial charge in [0.2, 0.25) is 0 Å². The molecule has 0 radical (unpaired) electrons. The molecule has 1 unspecified atom stereocenters. The molecule has 1 atom stereocenters. The smallest absolute Gasteiger partial charge is 0.0469 e. The molecule has 3 nitrogen and oxygen atoms in total. The fourth-order valence-electron chi connectivity index (χ4n) is 2.92. The lowest BCUT2D eigenvalue weighted by molar-refractivity contribution is 0.0466. The number of halogens is 1. The van der Waals surface area contributed by atoms with Crippen LogP contribution in [0.3, 0.4) is 0 Å². The van der Waals surface area contributed by atoms with Crippen molar-refractivity contribution in [3.8, 4) is 0 Å². The normalized spacial score (nSPS) is 26.1. The zero-order chi connectivity index (χ0) is 11.2. The molecule has 0 aromatic heterocycles. The molecule has 102 valence electrons. The fraction of sp³-hybridized carbons (Fsp3) is 1.00. The van der Waals surface area contributed by atoms with E-state index in [1.165, 1.54) is 51.9 Å². The number of hydrogen-bond donors (Lipinski definition) is 1. The minimum Gasteiger partial charge on any atom is -0.381 e. The van der Waals surface area contributed by atoms with Crippen LogP contribution in [0.15, 0.2) is 0 Å². The lowest BCUT2D eigenvalue weighted by atomic mass is 9.98. The highest BCUT2D eigenvalue weighted by Gasteiger charge is 2.25. The first-order chi connectivity index (χ1) is 7.90. The van der Waals surface area contributed by atoms with Crippen molar-refractivity contribution < 1.29 is 4.74 Å². The number of rotatable bonds is 5. The summed E-state index contributed by atoms with van der Waals surface area (Å²) in [7, 11) is 0. The van der Waals surface area contributed by atoms with Crippen LogP contribution in [0.1, 0.15) is 32.6 Å². The van der Waals surface area contributed by atoms with Gasteiger partial charge in [0.25, 0.3) is 0 Å². The summed E-state index contributed by atoms with van der Waals surface area (Å²) in [6.45, 7) is 9.22. The first-order valence-corrected chi connectivity index (χ1v) is 6.92. The van der Waals surface area contributed by atoms with Gasteiger partial charge in [-0.15, -0.1) is 12.4 Å². The van der Waals surface area contributed by atoms with Crippen molar-refractivity contribution in [1.29, 1.82) is 0 Å². The van der Waals surface area contributed by atoms with Crippen LogP contribution in [0.2, 0.25) is 0 Å². The van der Waals surface area contributed by atoms with E-state index < -0.39 is 0 Å². The highest BCUT2D eigenvalue weighted by Crippen LogP contribution is 2.19. The van der Waals surface area contributed by atoms with Crippen LogP contribution in [-0.4, -0.2) is 50.3 Å². The molecule has 0 amide bonds. The summed E-state index contributed by atoms with van der Waals surface area (Å²) in [6.07, 6.45) is 5.14. The zero-order valence-corrected chi connectivity index (χ0v) is 11.8. The number of ether oxygens (including phenoxy) is 1. The Bertz CT molecular complexity index is 192. The van der Waals surface area contributed by atoms with Crippen LogP contribution < -0.4 is 5.32 Å². The van der Waals surface area contributed by atoms with Crippen molar-refractivity contribution in [2.75, 3.05) is 39.4 Å². The minimum absolute atomic E-state index is 0. The number of hydrogen-bond acceptors (Lipinski definition) is 3. The molecule has 2 fully saturated rings. The molecule has 0 aromatic rings. The molecule has 2 heterocycles. The largest absolute Gasteiger partial charge is 0.381 e. The molecule has 2 aliphatic heterocycles. The van der Waals surface area contributed by atoms with E-state index in [4.69, 9.17) is 4.74 Å². The summed E-state index contributed by atoms with van der Waals surface area (Å²) in [5, 5.41) is 3.48. The van der Waals surface area contributed by atoms with Gasteiger partial charge >= 0.3 is 0 Å². The Morgan fingerprint density at radius 3 is 2.59 bits per heavy atom. The second-order valence-electron chi connectivity index (χ2n) is 5.20. The van der Waals surface area contributed by atoms with Crippen molar-refractivity contribution in [3.63, 3.8) is 0 Å². The van der Waals surface area contributed by atoms with Gasteiger partial charge in [0.1, 0.15) is 0 Å². The van der Waals surface area contributed by atoms with Crippen molar-refractivity contribution in [1.82, 2.24) is 10.2 Å². The lowest BCUT2D eigenvalue weighted by Crippen LogP contribution is -2.41. The standard InChI is InChI=1S/C13H26N2O.ClH/c1-2-7-15(13-3-6-14-10-13)11-12-4-8-16-9-5-12;/h12-14H,2-11H2,1H3;1H. The number of nitrogens with one attached hydrogen (secondary N) is 1. The van der Waals surface area contributed by atoms with E-state index in [9.17, 15) is 0 Å². The Labute approximate surface area is 112 Å². The zero-order valence-electron chi connectivity index (χ0n) is 11.0. The molecule has 0 aliphatic carbocycles. The highest BCUT2D eigenvalue weighted by atomic mass is 35.5. The molecule has 0 saturated carbocycles. The third-order valence-electron chi connectivity index (χ3n) is 3.90. The van der Waals surface area contributed by atoms with Crippen LogP contribution in [0.25, 0.3) is 0 Å². The monoisotopic (exact) mass is 262 g/mol. The summed E-state index contributed by atoms with van der Waals surface area (Å²) in [5.74, 6) is 0.876. The van der Waals surface area contributed by atoms with Gasteiger partial charge in [-0.2, -0.15) is 0 Å². The second kappa shape index (κ2) is 8.30. The van der Waals surface area contributed by atoms with Gasteiger partial charge in [-0.1, -0.05) is 6.92 Å². The van der Waals surface area contributed by atoms with Gasteiger partial charge in [-0.3, -0.25) is 4.90 Å². The van der Waals surface area contributed by atoms with Gasteiger partial charge in [-0.25, -0.2) is 0 Å². The van der Waals surface area contributed by atoms with Crippen molar-refractivity contribution >= 4 is 12.4 Å². The van der Waals surface area contributed by atoms with Gasteiger partial charge in [-0.05, 0) is 44.7 Å². The lowest BCUT2D eigenvalue weighted by Gasteiger charge is -2.33. The highest BCUT2D eigenvalue weighted by molar-refractivity contribution is 5.85. The molecule has 0 aromatic carbocycles. The molecule has 0 spiro atoms. The van der Waals surface area contributed by atoms with Crippen molar-refractivity contribution in [2.24, 2.45) is 5.92 Å². The van der Waals surface area contributed by atoms with E-state index in [0.717, 1.165) is 25.2 Å². The average molecular weight is 263 g/mol. The predicted molar refractivity (Wildman–Crippen MR) is 73.9 cm³/mol. The third-order valence-corrected chi connectivity index (χ3v) is 3.90. The van der Waals surface area contributed by atoms with E-state index in [1.807, 2.05) is 0 Å². The summed E-state index contributed by atoms with van der Waals surface area (Å²) in [6, 6.07) is 0.794. The molecule has 4 heteroatoms. The first-order valence-electron chi connectivity index (χ1n) is 6.92. The van der Waals surface area contributed by atoms with Crippen LogP contribution in [0.5, 0.6) is 0 Å². The van der Waals surface area contributed by atoms with Crippen molar-refractivity contribution in [3.05, 3.63) is 0 Å². The minimum atomic E-state index is 0. The maximum atomic E-state index is 5.44. The van der Waals surface area contributed by atoms with Gasteiger partial charge in [0.15, 0.2) is 0 Å². The van der Waals surface area contributed by atoms with Gasteiger partial charge < -0.3 is 10.1 Å². The molecule has 0 bridgehead atoms. The Morgan fingerprint density at radius 1 is 1.24 bits per heavy atom. The molecule has 1 N–H and O–H groups in total. The van der Waals surface area contributed by atoms with Gasteiger partial charge in [0, 0.05) is 32.3 Å². The third kappa shape index (κ3) is 4.74. The van der Waals surface area contributed by atoms with Crippen LogP contribution in [-0.2, 0) is 4.74 Å². The van der Waals surface area contributed by atoms with E-state index in [-0.39, 0.29) is 12.4 Å². The van der Waals surface area contributed by atoms with E-state index in [0.29, 0.717) is 0 Å². The second-order valence-corrected chi connectivity index (χ2v) is 5.20. The Morgan fingerprint density at radius 2 is 2.00 bits per heavy atom. The Hall–Kier alpha value is 0.170. The summed E-state index contributed by atoms with van der Waals surface area (Å²) >= 11 is 0.